The Hall–Kier alpha value is -2.22. The zero-order valence-corrected chi connectivity index (χ0v) is 15.1. The Labute approximate surface area is 152 Å². The number of benzene rings is 2. The lowest BCUT2D eigenvalue weighted by atomic mass is 9.74. The zero-order chi connectivity index (χ0) is 18.5. The summed E-state index contributed by atoms with van der Waals surface area (Å²) in [5, 5.41) is 9.92. The van der Waals surface area contributed by atoms with E-state index in [1.165, 1.54) is 11.2 Å². The molecule has 2 aliphatic heterocycles. The second-order valence-electron chi connectivity index (χ2n) is 6.68. The van der Waals surface area contributed by atoms with Gasteiger partial charge < -0.3 is 10.0 Å². The summed E-state index contributed by atoms with van der Waals surface area (Å²) >= 11 is 0. The molecule has 0 spiro atoms. The number of carbonyl (C=O) groups is 1. The van der Waals surface area contributed by atoms with Gasteiger partial charge in [-0.25, -0.2) is 8.42 Å². The van der Waals surface area contributed by atoms with Gasteiger partial charge in [-0.1, -0.05) is 36.4 Å². The van der Waals surface area contributed by atoms with Crippen LogP contribution < -0.4 is 4.90 Å². The summed E-state index contributed by atoms with van der Waals surface area (Å²) in [6.07, 6.45) is 0. The van der Waals surface area contributed by atoms with Crippen LogP contribution in [0.1, 0.15) is 18.4 Å². The third-order valence-corrected chi connectivity index (χ3v) is 7.29. The highest BCUT2D eigenvalue weighted by Gasteiger charge is 2.57. The number of fused-ring (bicyclic) bond motifs is 3. The topological polar surface area (TPSA) is 77.9 Å². The molecule has 6 nitrogen and oxygen atoms in total. The molecule has 2 heterocycles. The van der Waals surface area contributed by atoms with Crippen LogP contribution >= 0.6 is 0 Å². The fraction of sp³-hybridized carbons (Fsp3) is 0.316. The van der Waals surface area contributed by atoms with Gasteiger partial charge in [0, 0.05) is 25.1 Å². The molecule has 1 fully saturated rings. The average molecular weight is 372 g/mol. The van der Waals surface area contributed by atoms with Crippen molar-refractivity contribution in [2.75, 3.05) is 18.1 Å². The van der Waals surface area contributed by atoms with Crippen LogP contribution in [0.3, 0.4) is 0 Å². The summed E-state index contributed by atoms with van der Waals surface area (Å²) < 4.78 is 27.7. The number of hydrogen-bond acceptors (Lipinski definition) is 4. The molecule has 0 unspecified atom stereocenters. The number of sulfonamides is 1. The van der Waals surface area contributed by atoms with Crippen LogP contribution in [0.25, 0.3) is 0 Å². The molecule has 0 aromatic heterocycles. The first-order valence-corrected chi connectivity index (χ1v) is 9.97. The highest BCUT2D eigenvalue weighted by atomic mass is 32.2. The lowest BCUT2D eigenvalue weighted by Gasteiger charge is -2.57. The van der Waals surface area contributed by atoms with E-state index in [-0.39, 0.29) is 29.4 Å². The van der Waals surface area contributed by atoms with E-state index in [0.29, 0.717) is 6.54 Å². The molecule has 136 valence electrons. The standard InChI is InChI=1S/C19H20N2O4S/c1-13(23)20-11-17-19(15-9-5-6-10-16(15)20)18(12-22)21(17)26(24,25)14-7-3-2-4-8-14/h2-10,17-19,22H,11-12H2,1H3/t17-,18+,19+/m1/s1. The third kappa shape index (κ3) is 2.39. The van der Waals surface area contributed by atoms with E-state index in [0.717, 1.165) is 11.3 Å². The number of anilines is 1. The number of aliphatic hydroxyl groups is 1. The second-order valence-corrected chi connectivity index (χ2v) is 8.52. The van der Waals surface area contributed by atoms with Crippen molar-refractivity contribution >= 4 is 21.6 Å². The molecule has 26 heavy (non-hydrogen) atoms. The molecule has 1 N–H and O–H groups in total. The molecule has 4 rings (SSSR count). The quantitative estimate of drug-likeness (QED) is 0.887. The summed E-state index contributed by atoms with van der Waals surface area (Å²) in [5.74, 6) is -0.245. The summed E-state index contributed by atoms with van der Waals surface area (Å²) in [5.41, 5.74) is 1.72. The fourth-order valence-corrected chi connectivity index (χ4v) is 6.04. The van der Waals surface area contributed by atoms with Gasteiger partial charge in [0.15, 0.2) is 0 Å². The lowest BCUT2D eigenvalue weighted by molar-refractivity contribution is -0.117. The Bertz CT molecular complexity index is 945. The molecule has 0 saturated carbocycles. The molecule has 0 aliphatic carbocycles. The van der Waals surface area contributed by atoms with Gasteiger partial charge >= 0.3 is 0 Å². The number of para-hydroxylation sites is 1. The minimum absolute atomic E-state index is 0.120. The van der Waals surface area contributed by atoms with Crippen molar-refractivity contribution < 1.29 is 18.3 Å². The minimum Gasteiger partial charge on any atom is -0.395 e. The van der Waals surface area contributed by atoms with Crippen LogP contribution in [0.4, 0.5) is 5.69 Å². The number of hydrogen-bond donors (Lipinski definition) is 1. The monoisotopic (exact) mass is 372 g/mol. The lowest BCUT2D eigenvalue weighted by Crippen LogP contribution is -2.70. The van der Waals surface area contributed by atoms with Crippen LogP contribution in [-0.4, -0.2) is 49.0 Å². The Morgan fingerprint density at radius 1 is 1.12 bits per heavy atom. The van der Waals surface area contributed by atoms with Crippen molar-refractivity contribution in [1.29, 1.82) is 0 Å². The molecule has 0 bridgehead atoms. The molecule has 1 saturated heterocycles. The largest absolute Gasteiger partial charge is 0.395 e. The third-order valence-electron chi connectivity index (χ3n) is 5.32. The zero-order valence-electron chi connectivity index (χ0n) is 14.3. The van der Waals surface area contributed by atoms with Crippen LogP contribution in [0, 0.1) is 0 Å². The van der Waals surface area contributed by atoms with Crippen molar-refractivity contribution in [1.82, 2.24) is 4.31 Å². The fourth-order valence-electron chi connectivity index (χ4n) is 4.19. The van der Waals surface area contributed by atoms with Crippen LogP contribution in [0.2, 0.25) is 0 Å². The van der Waals surface area contributed by atoms with Gasteiger partial charge in [-0.05, 0) is 23.8 Å². The van der Waals surface area contributed by atoms with Crippen molar-refractivity contribution in [3.8, 4) is 0 Å². The van der Waals surface area contributed by atoms with E-state index < -0.39 is 16.1 Å². The van der Waals surface area contributed by atoms with E-state index in [9.17, 15) is 18.3 Å². The van der Waals surface area contributed by atoms with Gasteiger partial charge in [-0.2, -0.15) is 4.31 Å². The van der Waals surface area contributed by atoms with E-state index >= 15 is 0 Å². The molecular formula is C19H20N2O4S. The van der Waals surface area contributed by atoms with Crippen molar-refractivity contribution in [3.05, 3.63) is 60.2 Å². The normalized spacial score (nSPS) is 25.2. The summed E-state index contributed by atoms with van der Waals surface area (Å²) in [7, 11) is -3.75. The van der Waals surface area contributed by atoms with Gasteiger partial charge in [0.05, 0.1) is 23.6 Å². The summed E-state index contributed by atoms with van der Waals surface area (Å²) in [4.78, 5) is 13.9. The Kier molecular flexibility index (Phi) is 4.10. The molecule has 2 aliphatic rings. The average Bonchev–Trinajstić information content (AvgIpc) is 2.62. The SMILES string of the molecule is CC(=O)N1C[C@@H]2[C@H](c3ccccc31)[C@H](CO)N2S(=O)(=O)c1ccccc1. The Morgan fingerprint density at radius 2 is 1.77 bits per heavy atom. The Morgan fingerprint density at radius 3 is 2.42 bits per heavy atom. The number of carbonyl (C=O) groups excluding carboxylic acids is 1. The minimum atomic E-state index is -3.75. The molecule has 2 aromatic rings. The smallest absolute Gasteiger partial charge is 0.243 e. The van der Waals surface area contributed by atoms with Crippen LogP contribution in [0.15, 0.2) is 59.5 Å². The summed E-state index contributed by atoms with van der Waals surface area (Å²) in [6.45, 7) is 1.51. The molecule has 3 atom stereocenters. The van der Waals surface area contributed by atoms with Gasteiger partial charge in [0.2, 0.25) is 15.9 Å². The molecule has 0 radical (unpaired) electrons. The maximum absolute atomic E-state index is 13.1. The van der Waals surface area contributed by atoms with E-state index in [1.807, 2.05) is 24.3 Å². The number of amides is 1. The number of aliphatic hydroxyl groups excluding tert-OH is 1. The highest BCUT2D eigenvalue weighted by Crippen LogP contribution is 2.50. The second kappa shape index (κ2) is 6.19. The van der Waals surface area contributed by atoms with Crippen molar-refractivity contribution in [3.63, 3.8) is 0 Å². The maximum atomic E-state index is 13.1. The van der Waals surface area contributed by atoms with E-state index in [1.54, 1.807) is 35.2 Å². The van der Waals surface area contributed by atoms with Crippen molar-refractivity contribution in [2.45, 2.75) is 29.8 Å². The predicted octanol–water partition coefficient (Wildman–Crippen LogP) is 1.57. The molecule has 7 heteroatoms. The first-order chi connectivity index (χ1) is 12.5. The predicted molar refractivity (Wildman–Crippen MR) is 97.3 cm³/mol. The van der Waals surface area contributed by atoms with Crippen molar-refractivity contribution in [2.24, 2.45) is 0 Å². The number of nitrogens with zero attached hydrogens (tertiary/aromatic N) is 2. The van der Waals surface area contributed by atoms with Gasteiger partial charge in [0.1, 0.15) is 0 Å². The first kappa shape index (κ1) is 17.2. The molecular weight excluding hydrogens is 352 g/mol. The van der Waals surface area contributed by atoms with E-state index in [2.05, 4.69) is 0 Å². The maximum Gasteiger partial charge on any atom is 0.243 e. The highest BCUT2D eigenvalue weighted by molar-refractivity contribution is 7.89. The van der Waals surface area contributed by atoms with Crippen LogP contribution in [0.5, 0.6) is 0 Å². The Balaban J connectivity index is 1.79. The van der Waals surface area contributed by atoms with Gasteiger partial charge in [-0.15, -0.1) is 0 Å². The molecule has 2 aromatic carbocycles. The first-order valence-electron chi connectivity index (χ1n) is 8.53. The van der Waals surface area contributed by atoms with E-state index in [4.69, 9.17) is 0 Å². The van der Waals surface area contributed by atoms with Gasteiger partial charge in [-0.3, -0.25) is 4.79 Å². The summed E-state index contributed by atoms with van der Waals surface area (Å²) in [6, 6.07) is 14.8. The molecule has 1 amide bonds. The number of rotatable bonds is 3. The van der Waals surface area contributed by atoms with Crippen LogP contribution in [-0.2, 0) is 14.8 Å². The van der Waals surface area contributed by atoms with Gasteiger partial charge in [0.25, 0.3) is 0 Å².